The van der Waals surface area contributed by atoms with E-state index in [0.29, 0.717) is 11.3 Å². The van der Waals surface area contributed by atoms with E-state index in [2.05, 4.69) is 31.3 Å². The maximum Gasteiger partial charge on any atom is 0.0472 e. The number of fused-ring (bicyclic) bond motifs is 3. The van der Waals surface area contributed by atoms with Crippen LogP contribution in [0, 0.1) is 5.41 Å². The van der Waals surface area contributed by atoms with E-state index in [1.807, 2.05) is 0 Å². The molecule has 1 aliphatic carbocycles. The fourth-order valence-electron chi connectivity index (χ4n) is 3.57. The molecule has 2 atom stereocenters. The standard InChI is InChI=1S/C15H20ClN.ClH/c1-3-10-4-5-11-12(14(10)16)6-7-15(2)9-17-8-13(11)15;/h4-5,13,17H,3,6-9H2,1-2H3;1H/t13-,15-;/m0./s1. The zero-order valence-corrected chi connectivity index (χ0v) is 12.6. The Labute approximate surface area is 121 Å². The van der Waals surface area contributed by atoms with Gasteiger partial charge in [-0.1, -0.05) is 37.6 Å². The van der Waals surface area contributed by atoms with E-state index in [0.717, 1.165) is 31.0 Å². The zero-order valence-electron chi connectivity index (χ0n) is 11.1. The first-order valence-electron chi connectivity index (χ1n) is 6.66. The smallest absolute Gasteiger partial charge is 0.0472 e. The molecule has 2 aliphatic rings. The lowest BCUT2D eigenvalue weighted by atomic mass is 9.67. The van der Waals surface area contributed by atoms with Crippen molar-refractivity contribution in [1.29, 1.82) is 0 Å². The molecule has 0 saturated carbocycles. The van der Waals surface area contributed by atoms with Crippen LogP contribution in [-0.4, -0.2) is 13.1 Å². The summed E-state index contributed by atoms with van der Waals surface area (Å²) in [7, 11) is 0. The Balaban J connectivity index is 0.00000120. The second-order valence-corrected chi connectivity index (χ2v) is 6.18. The van der Waals surface area contributed by atoms with Crippen molar-refractivity contribution < 1.29 is 0 Å². The Morgan fingerprint density at radius 3 is 2.94 bits per heavy atom. The highest BCUT2D eigenvalue weighted by atomic mass is 35.5. The largest absolute Gasteiger partial charge is 0.316 e. The van der Waals surface area contributed by atoms with Gasteiger partial charge in [-0.15, -0.1) is 12.4 Å². The molecule has 0 bridgehead atoms. The van der Waals surface area contributed by atoms with Crippen LogP contribution in [-0.2, 0) is 12.8 Å². The fourth-order valence-corrected chi connectivity index (χ4v) is 3.97. The quantitative estimate of drug-likeness (QED) is 0.824. The maximum atomic E-state index is 6.54. The van der Waals surface area contributed by atoms with Crippen molar-refractivity contribution in [3.63, 3.8) is 0 Å². The molecule has 1 fully saturated rings. The van der Waals surface area contributed by atoms with E-state index in [9.17, 15) is 0 Å². The second kappa shape index (κ2) is 5.03. The molecule has 0 spiro atoms. The molecule has 1 saturated heterocycles. The normalized spacial score (nSPS) is 29.4. The van der Waals surface area contributed by atoms with Crippen LogP contribution in [0.15, 0.2) is 12.1 Å². The van der Waals surface area contributed by atoms with Gasteiger partial charge in [-0.25, -0.2) is 0 Å². The zero-order chi connectivity index (χ0) is 12.0. The highest BCUT2D eigenvalue weighted by molar-refractivity contribution is 6.32. The number of hydrogen-bond acceptors (Lipinski definition) is 1. The number of nitrogens with one attached hydrogen (secondary N) is 1. The van der Waals surface area contributed by atoms with Crippen molar-refractivity contribution in [3.05, 3.63) is 33.8 Å². The Morgan fingerprint density at radius 1 is 1.44 bits per heavy atom. The summed E-state index contributed by atoms with van der Waals surface area (Å²) in [6.07, 6.45) is 3.45. The second-order valence-electron chi connectivity index (χ2n) is 5.80. The van der Waals surface area contributed by atoms with Gasteiger partial charge in [0, 0.05) is 24.0 Å². The topological polar surface area (TPSA) is 12.0 Å². The molecule has 1 aromatic carbocycles. The number of hydrogen-bond donors (Lipinski definition) is 1. The van der Waals surface area contributed by atoms with E-state index in [4.69, 9.17) is 11.6 Å². The number of halogens is 2. The predicted molar refractivity (Wildman–Crippen MR) is 80.1 cm³/mol. The van der Waals surface area contributed by atoms with Crippen molar-refractivity contribution >= 4 is 24.0 Å². The molecule has 1 heterocycles. The summed E-state index contributed by atoms with van der Waals surface area (Å²) in [4.78, 5) is 0. The first-order chi connectivity index (χ1) is 8.15. The minimum Gasteiger partial charge on any atom is -0.316 e. The molecular weight excluding hydrogens is 265 g/mol. The van der Waals surface area contributed by atoms with Crippen LogP contribution in [0.3, 0.4) is 0 Å². The summed E-state index contributed by atoms with van der Waals surface area (Å²) in [5, 5.41) is 4.59. The van der Waals surface area contributed by atoms with Gasteiger partial charge >= 0.3 is 0 Å². The Morgan fingerprint density at radius 2 is 2.22 bits per heavy atom. The van der Waals surface area contributed by atoms with Crippen LogP contribution in [0.4, 0.5) is 0 Å². The lowest BCUT2D eigenvalue weighted by Gasteiger charge is -2.37. The summed E-state index contributed by atoms with van der Waals surface area (Å²) in [6, 6.07) is 4.56. The van der Waals surface area contributed by atoms with Crippen LogP contribution in [0.25, 0.3) is 0 Å². The highest BCUT2D eigenvalue weighted by Gasteiger charge is 2.43. The Kier molecular flexibility index (Phi) is 3.96. The summed E-state index contributed by atoms with van der Waals surface area (Å²) in [5.74, 6) is 0.662. The van der Waals surface area contributed by atoms with E-state index in [1.165, 1.54) is 23.1 Å². The fraction of sp³-hybridized carbons (Fsp3) is 0.600. The van der Waals surface area contributed by atoms with E-state index < -0.39 is 0 Å². The molecule has 1 aliphatic heterocycles. The van der Waals surface area contributed by atoms with Crippen molar-refractivity contribution in [3.8, 4) is 0 Å². The summed E-state index contributed by atoms with van der Waals surface area (Å²) >= 11 is 6.54. The molecule has 1 nitrogen and oxygen atoms in total. The van der Waals surface area contributed by atoms with Crippen LogP contribution >= 0.6 is 24.0 Å². The van der Waals surface area contributed by atoms with Crippen LogP contribution in [0.2, 0.25) is 5.02 Å². The van der Waals surface area contributed by atoms with Crippen molar-refractivity contribution in [2.24, 2.45) is 5.41 Å². The number of aryl methyl sites for hydroxylation is 1. The van der Waals surface area contributed by atoms with Gasteiger partial charge in [-0.3, -0.25) is 0 Å². The number of benzene rings is 1. The lowest BCUT2D eigenvalue weighted by molar-refractivity contribution is 0.277. The molecule has 0 amide bonds. The lowest BCUT2D eigenvalue weighted by Crippen LogP contribution is -2.30. The Hall–Kier alpha value is -0.240. The summed E-state index contributed by atoms with van der Waals surface area (Å²) in [5.41, 5.74) is 4.69. The molecule has 18 heavy (non-hydrogen) atoms. The van der Waals surface area contributed by atoms with Crippen LogP contribution in [0.1, 0.15) is 42.9 Å². The Bertz CT molecular complexity index is 458. The molecule has 3 rings (SSSR count). The van der Waals surface area contributed by atoms with Gasteiger partial charge in [0.1, 0.15) is 0 Å². The molecule has 0 radical (unpaired) electrons. The molecule has 0 unspecified atom stereocenters. The third kappa shape index (κ3) is 1.97. The average Bonchev–Trinajstić information content (AvgIpc) is 2.71. The predicted octanol–water partition coefficient (Wildman–Crippen LogP) is 3.96. The first-order valence-corrected chi connectivity index (χ1v) is 7.04. The SMILES string of the molecule is CCc1ccc2c(c1Cl)CC[C@@]1(C)CNC[C@@H]21.Cl. The molecular formula is C15H21Cl2N. The molecule has 1 aromatic rings. The summed E-state index contributed by atoms with van der Waals surface area (Å²) in [6.45, 7) is 6.87. The van der Waals surface area contributed by atoms with Gasteiger partial charge < -0.3 is 5.32 Å². The summed E-state index contributed by atoms with van der Waals surface area (Å²) < 4.78 is 0. The van der Waals surface area contributed by atoms with Gasteiger partial charge in [-0.2, -0.15) is 0 Å². The van der Waals surface area contributed by atoms with Gasteiger partial charge in [-0.05, 0) is 41.4 Å². The minimum atomic E-state index is 0. The third-order valence-electron chi connectivity index (χ3n) is 4.78. The minimum absolute atomic E-state index is 0. The third-order valence-corrected chi connectivity index (χ3v) is 5.25. The maximum absolute atomic E-state index is 6.54. The van der Waals surface area contributed by atoms with Crippen molar-refractivity contribution in [2.45, 2.75) is 39.0 Å². The molecule has 3 heteroatoms. The van der Waals surface area contributed by atoms with Crippen molar-refractivity contribution in [1.82, 2.24) is 5.32 Å². The highest BCUT2D eigenvalue weighted by Crippen LogP contribution is 2.49. The number of rotatable bonds is 1. The van der Waals surface area contributed by atoms with Gasteiger partial charge in [0.2, 0.25) is 0 Å². The van der Waals surface area contributed by atoms with Crippen LogP contribution in [0.5, 0.6) is 0 Å². The average molecular weight is 286 g/mol. The van der Waals surface area contributed by atoms with E-state index in [-0.39, 0.29) is 12.4 Å². The molecule has 1 N–H and O–H groups in total. The molecule has 100 valence electrons. The molecule has 0 aromatic heterocycles. The van der Waals surface area contributed by atoms with Crippen LogP contribution < -0.4 is 5.32 Å². The van der Waals surface area contributed by atoms with Crippen molar-refractivity contribution in [2.75, 3.05) is 13.1 Å². The van der Waals surface area contributed by atoms with E-state index in [1.54, 1.807) is 0 Å². The van der Waals surface area contributed by atoms with Gasteiger partial charge in [0.05, 0.1) is 0 Å². The van der Waals surface area contributed by atoms with Gasteiger partial charge in [0.15, 0.2) is 0 Å². The first kappa shape index (κ1) is 14.2. The van der Waals surface area contributed by atoms with E-state index >= 15 is 0 Å². The monoisotopic (exact) mass is 285 g/mol. The van der Waals surface area contributed by atoms with Gasteiger partial charge in [0.25, 0.3) is 0 Å².